The van der Waals surface area contributed by atoms with E-state index in [1.807, 2.05) is 0 Å². The summed E-state index contributed by atoms with van der Waals surface area (Å²) in [4.78, 5) is 0.0643. The number of halogens is 2. The van der Waals surface area contributed by atoms with Crippen molar-refractivity contribution in [1.29, 1.82) is 0 Å². The summed E-state index contributed by atoms with van der Waals surface area (Å²) in [6.07, 6.45) is 1.75. The van der Waals surface area contributed by atoms with Crippen molar-refractivity contribution < 1.29 is 12.8 Å². The van der Waals surface area contributed by atoms with Crippen molar-refractivity contribution in [2.75, 3.05) is 13.1 Å². The van der Waals surface area contributed by atoms with Gasteiger partial charge in [-0.2, -0.15) is 0 Å². The standard InChI is InChI=1S/C11H14BrFN2O2S/c12-10-6-8(13)3-4-11(10)18(16,17)15-9-2-1-5-14-7-9/h3-4,6,9,14-15H,1-2,5,7H2/t9-/m0/s1. The van der Waals surface area contributed by atoms with Gasteiger partial charge in [-0.25, -0.2) is 17.5 Å². The molecule has 0 saturated carbocycles. The zero-order valence-electron chi connectivity index (χ0n) is 9.62. The second-order valence-corrected chi connectivity index (χ2v) is 6.78. The minimum atomic E-state index is -3.61. The molecule has 1 aliphatic heterocycles. The molecule has 1 aromatic rings. The van der Waals surface area contributed by atoms with E-state index in [1.165, 1.54) is 6.07 Å². The first-order valence-electron chi connectivity index (χ1n) is 5.67. The Morgan fingerprint density at radius 2 is 2.22 bits per heavy atom. The molecule has 1 heterocycles. The topological polar surface area (TPSA) is 58.2 Å². The summed E-state index contributed by atoms with van der Waals surface area (Å²) in [6, 6.07) is 3.44. The monoisotopic (exact) mass is 336 g/mol. The van der Waals surface area contributed by atoms with E-state index >= 15 is 0 Å². The highest BCUT2D eigenvalue weighted by atomic mass is 79.9. The van der Waals surface area contributed by atoms with Crippen molar-refractivity contribution in [3.05, 3.63) is 28.5 Å². The molecule has 1 atom stereocenters. The lowest BCUT2D eigenvalue weighted by atomic mass is 10.1. The zero-order valence-corrected chi connectivity index (χ0v) is 12.0. The molecular formula is C11H14BrFN2O2S. The Hall–Kier alpha value is -0.500. The van der Waals surface area contributed by atoms with Crippen LogP contribution in [0.25, 0.3) is 0 Å². The van der Waals surface area contributed by atoms with Crippen LogP contribution in [0.2, 0.25) is 0 Å². The van der Waals surface area contributed by atoms with E-state index < -0.39 is 15.8 Å². The Morgan fingerprint density at radius 3 is 2.83 bits per heavy atom. The third-order valence-electron chi connectivity index (χ3n) is 2.80. The molecule has 2 N–H and O–H groups in total. The molecule has 1 aromatic carbocycles. The predicted octanol–water partition coefficient (Wildman–Crippen LogP) is 1.62. The fourth-order valence-electron chi connectivity index (χ4n) is 1.93. The second-order valence-electron chi connectivity index (χ2n) is 4.24. The van der Waals surface area contributed by atoms with Gasteiger partial charge in [0.15, 0.2) is 0 Å². The highest BCUT2D eigenvalue weighted by Gasteiger charge is 2.23. The van der Waals surface area contributed by atoms with Crippen LogP contribution in [0.1, 0.15) is 12.8 Å². The SMILES string of the molecule is O=S(=O)(N[C@H]1CCCNC1)c1ccc(F)cc1Br. The molecule has 4 nitrogen and oxygen atoms in total. The van der Waals surface area contributed by atoms with E-state index in [0.29, 0.717) is 6.54 Å². The lowest BCUT2D eigenvalue weighted by molar-refractivity contribution is 0.428. The molecule has 0 radical (unpaired) electrons. The molecule has 0 aliphatic carbocycles. The normalized spacial score (nSPS) is 20.9. The number of nitrogens with one attached hydrogen (secondary N) is 2. The van der Waals surface area contributed by atoms with Crippen molar-refractivity contribution in [1.82, 2.24) is 10.0 Å². The molecule has 1 aliphatic rings. The maximum atomic E-state index is 12.9. The molecule has 0 aromatic heterocycles. The second kappa shape index (κ2) is 5.64. The van der Waals surface area contributed by atoms with E-state index in [-0.39, 0.29) is 15.4 Å². The van der Waals surface area contributed by atoms with Crippen molar-refractivity contribution in [3.63, 3.8) is 0 Å². The van der Waals surface area contributed by atoms with Gasteiger partial charge in [-0.3, -0.25) is 0 Å². The Balaban J connectivity index is 2.19. The summed E-state index contributed by atoms with van der Waals surface area (Å²) < 4.78 is 40.1. The maximum absolute atomic E-state index is 12.9. The lowest BCUT2D eigenvalue weighted by Crippen LogP contribution is -2.45. The molecular weight excluding hydrogens is 323 g/mol. The van der Waals surface area contributed by atoms with Crippen LogP contribution in [-0.4, -0.2) is 27.5 Å². The van der Waals surface area contributed by atoms with Gasteiger partial charge in [-0.1, -0.05) is 0 Å². The maximum Gasteiger partial charge on any atom is 0.241 e. The number of piperidine rings is 1. The Labute approximate surface area is 114 Å². The van der Waals surface area contributed by atoms with Crippen LogP contribution in [0.4, 0.5) is 4.39 Å². The minimum Gasteiger partial charge on any atom is -0.315 e. The van der Waals surface area contributed by atoms with Gasteiger partial charge >= 0.3 is 0 Å². The van der Waals surface area contributed by atoms with Crippen LogP contribution in [0.15, 0.2) is 27.6 Å². The highest BCUT2D eigenvalue weighted by molar-refractivity contribution is 9.10. The van der Waals surface area contributed by atoms with Crippen molar-refractivity contribution in [3.8, 4) is 0 Å². The molecule has 0 amide bonds. The van der Waals surface area contributed by atoms with E-state index in [0.717, 1.165) is 31.5 Å². The van der Waals surface area contributed by atoms with E-state index in [1.54, 1.807) is 0 Å². The number of sulfonamides is 1. The van der Waals surface area contributed by atoms with Gasteiger partial charge in [-0.15, -0.1) is 0 Å². The summed E-state index contributed by atoms with van der Waals surface area (Å²) >= 11 is 3.07. The quantitative estimate of drug-likeness (QED) is 0.881. The number of benzene rings is 1. The van der Waals surface area contributed by atoms with Crippen LogP contribution < -0.4 is 10.0 Å². The van der Waals surface area contributed by atoms with Gasteiger partial charge < -0.3 is 5.32 Å². The van der Waals surface area contributed by atoms with E-state index in [2.05, 4.69) is 26.0 Å². The van der Waals surface area contributed by atoms with Crippen molar-refractivity contribution in [2.24, 2.45) is 0 Å². The molecule has 0 spiro atoms. The predicted molar refractivity (Wildman–Crippen MR) is 70.3 cm³/mol. The van der Waals surface area contributed by atoms with E-state index in [9.17, 15) is 12.8 Å². The molecule has 7 heteroatoms. The first-order valence-corrected chi connectivity index (χ1v) is 7.95. The van der Waals surface area contributed by atoms with Crippen LogP contribution in [0.5, 0.6) is 0 Å². The van der Waals surface area contributed by atoms with Gasteiger partial charge in [0.05, 0.1) is 4.90 Å². The summed E-state index contributed by atoms with van der Waals surface area (Å²) in [5, 5.41) is 3.13. The highest BCUT2D eigenvalue weighted by Crippen LogP contribution is 2.23. The summed E-state index contributed by atoms with van der Waals surface area (Å²) in [7, 11) is -3.61. The Kier molecular flexibility index (Phi) is 4.37. The average molecular weight is 337 g/mol. The molecule has 1 fully saturated rings. The van der Waals surface area contributed by atoms with Gasteiger partial charge in [-0.05, 0) is 53.5 Å². The fourth-order valence-corrected chi connectivity index (χ4v) is 4.25. The van der Waals surface area contributed by atoms with Gasteiger partial charge in [0.2, 0.25) is 10.0 Å². The Bertz CT molecular complexity index is 530. The third kappa shape index (κ3) is 3.28. The van der Waals surface area contributed by atoms with Gasteiger partial charge in [0, 0.05) is 17.1 Å². The molecule has 100 valence electrons. The first kappa shape index (κ1) is 13.9. The molecule has 1 saturated heterocycles. The van der Waals surface area contributed by atoms with Gasteiger partial charge in [0.25, 0.3) is 0 Å². The Morgan fingerprint density at radius 1 is 1.44 bits per heavy atom. The number of hydrogen-bond acceptors (Lipinski definition) is 3. The van der Waals surface area contributed by atoms with Crippen LogP contribution in [0.3, 0.4) is 0 Å². The molecule has 0 bridgehead atoms. The van der Waals surface area contributed by atoms with Crippen molar-refractivity contribution in [2.45, 2.75) is 23.8 Å². The smallest absolute Gasteiger partial charge is 0.241 e. The number of hydrogen-bond donors (Lipinski definition) is 2. The zero-order chi connectivity index (χ0) is 13.2. The third-order valence-corrected chi connectivity index (χ3v) is 5.30. The summed E-state index contributed by atoms with van der Waals surface area (Å²) in [6.45, 7) is 1.54. The average Bonchev–Trinajstić information content (AvgIpc) is 2.29. The minimum absolute atomic E-state index is 0.0643. The van der Waals surface area contributed by atoms with Crippen LogP contribution >= 0.6 is 15.9 Å². The largest absolute Gasteiger partial charge is 0.315 e. The fraction of sp³-hybridized carbons (Fsp3) is 0.455. The summed E-state index contributed by atoms with van der Waals surface area (Å²) in [5.74, 6) is -0.472. The van der Waals surface area contributed by atoms with Gasteiger partial charge in [0.1, 0.15) is 5.82 Å². The molecule has 2 rings (SSSR count). The molecule has 18 heavy (non-hydrogen) atoms. The lowest BCUT2D eigenvalue weighted by Gasteiger charge is -2.23. The first-order chi connectivity index (χ1) is 8.49. The molecule has 0 unspecified atom stereocenters. The number of rotatable bonds is 3. The van der Waals surface area contributed by atoms with Crippen molar-refractivity contribution >= 4 is 26.0 Å². The van der Waals surface area contributed by atoms with Crippen LogP contribution in [0, 0.1) is 5.82 Å². The van der Waals surface area contributed by atoms with Crippen LogP contribution in [-0.2, 0) is 10.0 Å². The summed E-state index contributed by atoms with van der Waals surface area (Å²) in [5.41, 5.74) is 0. The van der Waals surface area contributed by atoms with E-state index in [4.69, 9.17) is 0 Å².